The first-order valence-electron chi connectivity index (χ1n) is 6.73. The van der Waals surface area contributed by atoms with Crippen molar-refractivity contribution in [2.24, 2.45) is 0 Å². The van der Waals surface area contributed by atoms with Gasteiger partial charge in [-0.15, -0.1) is 0 Å². The van der Waals surface area contributed by atoms with E-state index in [1.807, 2.05) is 0 Å². The van der Waals surface area contributed by atoms with Crippen LogP contribution >= 0.6 is 0 Å². The molecule has 1 unspecified atom stereocenters. The SMILES string of the molecule is OC1CCc2nc(Cc3ccc(C(F)(F)F)cc3)oc2C1. The third kappa shape index (κ3) is 3.10. The Labute approximate surface area is 119 Å². The second-order valence-corrected chi connectivity index (χ2v) is 5.25. The summed E-state index contributed by atoms with van der Waals surface area (Å²) >= 11 is 0. The molecule has 0 amide bonds. The third-order valence-corrected chi connectivity index (χ3v) is 3.59. The molecule has 0 bridgehead atoms. The monoisotopic (exact) mass is 297 g/mol. The van der Waals surface area contributed by atoms with Crippen molar-refractivity contribution in [3.8, 4) is 0 Å². The Balaban J connectivity index is 1.75. The average molecular weight is 297 g/mol. The second kappa shape index (κ2) is 5.18. The molecule has 0 aliphatic heterocycles. The fraction of sp³-hybridized carbons (Fsp3) is 0.400. The number of halogens is 3. The Kier molecular flexibility index (Phi) is 3.49. The van der Waals surface area contributed by atoms with E-state index in [0.29, 0.717) is 42.9 Å². The van der Waals surface area contributed by atoms with Gasteiger partial charge in [-0.05, 0) is 30.5 Å². The quantitative estimate of drug-likeness (QED) is 0.926. The van der Waals surface area contributed by atoms with Crippen molar-refractivity contribution >= 4 is 0 Å². The third-order valence-electron chi connectivity index (χ3n) is 3.59. The van der Waals surface area contributed by atoms with Crippen LogP contribution in [-0.4, -0.2) is 16.2 Å². The minimum atomic E-state index is -4.32. The fourth-order valence-corrected chi connectivity index (χ4v) is 2.47. The molecule has 1 aromatic heterocycles. The van der Waals surface area contributed by atoms with E-state index in [1.54, 1.807) is 0 Å². The fourth-order valence-electron chi connectivity index (χ4n) is 2.47. The zero-order chi connectivity index (χ0) is 15.0. The number of benzene rings is 1. The van der Waals surface area contributed by atoms with Gasteiger partial charge in [0.15, 0.2) is 5.89 Å². The van der Waals surface area contributed by atoms with E-state index in [-0.39, 0.29) is 0 Å². The van der Waals surface area contributed by atoms with Crippen LogP contribution < -0.4 is 0 Å². The molecule has 0 saturated carbocycles. The van der Waals surface area contributed by atoms with Gasteiger partial charge in [0.25, 0.3) is 0 Å². The number of hydrogen-bond acceptors (Lipinski definition) is 3. The second-order valence-electron chi connectivity index (χ2n) is 5.25. The lowest BCUT2D eigenvalue weighted by Crippen LogP contribution is -2.17. The van der Waals surface area contributed by atoms with E-state index >= 15 is 0 Å². The molecule has 21 heavy (non-hydrogen) atoms. The van der Waals surface area contributed by atoms with Crippen molar-refractivity contribution < 1.29 is 22.7 Å². The van der Waals surface area contributed by atoms with Crippen molar-refractivity contribution in [3.63, 3.8) is 0 Å². The molecule has 1 heterocycles. The van der Waals surface area contributed by atoms with Gasteiger partial charge in [0, 0.05) is 12.8 Å². The Morgan fingerprint density at radius 1 is 1.24 bits per heavy atom. The molecule has 3 rings (SSSR count). The molecule has 1 aromatic carbocycles. The molecule has 0 fully saturated rings. The van der Waals surface area contributed by atoms with E-state index in [1.165, 1.54) is 12.1 Å². The summed E-state index contributed by atoms with van der Waals surface area (Å²) in [6.07, 6.45) is -2.58. The molecule has 2 aromatic rings. The van der Waals surface area contributed by atoms with Gasteiger partial charge in [0.1, 0.15) is 5.76 Å². The van der Waals surface area contributed by atoms with Crippen molar-refractivity contribution in [3.05, 3.63) is 52.7 Å². The molecule has 0 radical (unpaired) electrons. The summed E-state index contributed by atoms with van der Waals surface area (Å²) in [7, 11) is 0. The van der Waals surface area contributed by atoms with Crippen LogP contribution in [0.15, 0.2) is 28.7 Å². The highest BCUT2D eigenvalue weighted by Gasteiger charge is 2.30. The van der Waals surface area contributed by atoms with Crippen LogP contribution in [0, 0.1) is 0 Å². The van der Waals surface area contributed by atoms with Crippen molar-refractivity contribution in [1.29, 1.82) is 0 Å². The number of aryl methyl sites for hydroxylation is 1. The minimum Gasteiger partial charge on any atom is -0.445 e. The van der Waals surface area contributed by atoms with Crippen molar-refractivity contribution in [2.75, 3.05) is 0 Å². The minimum absolute atomic E-state index is 0.348. The molecule has 6 heteroatoms. The number of hydrogen-bond donors (Lipinski definition) is 1. The number of alkyl halides is 3. The molecule has 1 aliphatic rings. The zero-order valence-electron chi connectivity index (χ0n) is 11.2. The molecule has 0 saturated heterocycles. The van der Waals surface area contributed by atoms with Crippen LogP contribution in [-0.2, 0) is 25.4 Å². The molecule has 1 N–H and O–H groups in total. The van der Waals surface area contributed by atoms with Gasteiger partial charge in [-0.2, -0.15) is 13.2 Å². The van der Waals surface area contributed by atoms with E-state index in [0.717, 1.165) is 17.8 Å². The lowest BCUT2D eigenvalue weighted by molar-refractivity contribution is -0.137. The summed E-state index contributed by atoms with van der Waals surface area (Å²) in [5, 5.41) is 9.57. The Morgan fingerprint density at radius 2 is 1.95 bits per heavy atom. The van der Waals surface area contributed by atoms with Gasteiger partial charge in [0.05, 0.1) is 17.4 Å². The first kappa shape index (κ1) is 14.1. The van der Waals surface area contributed by atoms with Crippen LogP contribution in [0.4, 0.5) is 13.2 Å². The molecule has 1 atom stereocenters. The first-order valence-corrected chi connectivity index (χ1v) is 6.73. The maximum Gasteiger partial charge on any atom is 0.416 e. The molecule has 112 valence electrons. The predicted octanol–water partition coefficient (Wildman–Crippen LogP) is 3.13. The normalized spacial score (nSPS) is 18.6. The van der Waals surface area contributed by atoms with Crippen LogP contribution in [0.5, 0.6) is 0 Å². The maximum atomic E-state index is 12.5. The molecule has 0 spiro atoms. The maximum absolute atomic E-state index is 12.5. The van der Waals surface area contributed by atoms with Gasteiger partial charge in [0.2, 0.25) is 0 Å². The number of aromatic nitrogens is 1. The van der Waals surface area contributed by atoms with Crippen LogP contribution in [0.25, 0.3) is 0 Å². The average Bonchev–Trinajstić information content (AvgIpc) is 2.79. The van der Waals surface area contributed by atoms with E-state index in [2.05, 4.69) is 4.98 Å². The molecular weight excluding hydrogens is 283 g/mol. The van der Waals surface area contributed by atoms with Crippen LogP contribution in [0.1, 0.15) is 34.9 Å². The summed E-state index contributed by atoms with van der Waals surface area (Å²) in [5.74, 6) is 1.17. The highest BCUT2D eigenvalue weighted by atomic mass is 19.4. The smallest absolute Gasteiger partial charge is 0.416 e. The standard InChI is InChI=1S/C15H14F3NO2/c16-15(17,18)10-3-1-9(2-4-10)7-14-19-12-6-5-11(20)8-13(12)21-14/h1-4,11,20H,5-8H2. The van der Waals surface area contributed by atoms with Gasteiger partial charge in [-0.1, -0.05) is 12.1 Å². The van der Waals surface area contributed by atoms with Crippen molar-refractivity contribution in [1.82, 2.24) is 4.98 Å². The molecular formula is C15H14F3NO2. The number of oxazole rings is 1. The number of rotatable bonds is 2. The van der Waals surface area contributed by atoms with Gasteiger partial charge in [-0.3, -0.25) is 0 Å². The van der Waals surface area contributed by atoms with Crippen molar-refractivity contribution in [2.45, 2.75) is 38.0 Å². The van der Waals surface area contributed by atoms with E-state index in [4.69, 9.17) is 4.42 Å². The lowest BCUT2D eigenvalue weighted by Gasteiger charge is -2.13. The lowest BCUT2D eigenvalue weighted by atomic mass is 9.99. The number of aliphatic hydroxyl groups is 1. The number of aliphatic hydroxyl groups excluding tert-OH is 1. The van der Waals surface area contributed by atoms with Gasteiger partial charge in [-0.25, -0.2) is 4.98 Å². The number of fused-ring (bicyclic) bond motifs is 1. The molecule has 3 nitrogen and oxygen atoms in total. The summed E-state index contributed by atoms with van der Waals surface area (Å²) in [5.41, 5.74) is 0.894. The summed E-state index contributed by atoms with van der Waals surface area (Å²) < 4.78 is 43.0. The largest absolute Gasteiger partial charge is 0.445 e. The summed E-state index contributed by atoms with van der Waals surface area (Å²) in [4.78, 5) is 4.35. The number of nitrogens with zero attached hydrogens (tertiary/aromatic N) is 1. The van der Waals surface area contributed by atoms with Crippen LogP contribution in [0.2, 0.25) is 0 Å². The Hall–Kier alpha value is -1.82. The predicted molar refractivity (Wildman–Crippen MR) is 68.8 cm³/mol. The topological polar surface area (TPSA) is 46.3 Å². The van der Waals surface area contributed by atoms with Gasteiger partial charge < -0.3 is 9.52 Å². The van der Waals surface area contributed by atoms with Gasteiger partial charge >= 0.3 is 6.18 Å². The zero-order valence-corrected chi connectivity index (χ0v) is 11.2. The Bertz CT molecular complexity index is 631. The highest BCUT2D eigenvalue weighted by Crippen LogP contribution is 2.29. The highest BCUT2D eigenvalue weighted by molar-refractivity contribution is 5.27. The van der Waals surface area contributed by atoms with E-state index < -0.39 is 17.8 Å². The van der Waals surface area contributed by atoms with E-state index in [9.17, 15) is 18.3 Å². The van der Waals surface area contributed by atoms with Crippen LogP contribution in [0.3, 0.4) is 0 Å². The molecule has 1 aliphatic carbocycles. The summed E-state index contributed by atoms with van der Waals surface area (Å²) in [6.45, 7) is 0. The first-order chi connectivity index (χ1) is 9.91. The summed E-state index contributed by atoms with van der Waals surface area (Å²) in [6, 6.07) is 4.98. The Morgan fingerprint density at radius 3 is 2.62 bits per heavy atom.